The molecular formula is C60H101N9O14. The lowest BCUT2D eigenvalue weighted by Crippen LogP contribution is -2.60. The second kappa shape index (κ2) is 36.5. The van der Waals surface area contributed by atoms with Crippen molar-refractivity contribution in [3.05, 3.63) is 36.0 Å². The number of ether oxygens (including phenoxy) is 5. The molecule has 2 saturated heterocycles. The minimum absolute atomic E-state index is 0.0453. The molecular weight excluding hydrogens is 1070 g/mol. The van der Waals surface area contributed by atoms with Gasteiger partial charge in [0.15, 0.2) is 0 Å². The van der Waals surface area contributed by atoms with Gasteiger partial charge in [-0.25, -0.2) is 5.06 Å². The van der Waals surface area contributed by atoms with Gasteiger partial charge in [0.05, 0.1) is 88.9 Å². The molecule has 83 heavy (non-hydrogen) atoms. The van der Waals surface area contributed by atoms with Gasteiger partial charge in [-0.2, -0.15) is 0 Å². The number of hydrogen-bond acceptors (Lipinski definition) is 15. The summed E-state index contributed by atoms with van der Waals surface area (Å²) in [6, 6.07) is 3.55. The Hall–Kier alpha value is -5.27. The molecule has 0 spiro atoms. The smallest absolute Gasteiger partial charge is 0.320 e. The third-order valence-electron chi connectivity index (χ3n) is 16.2. The maximum atomic E-state index is 14.8. The lowest BCUT2D eigenvalue weighted by Gasteiger charge is -2.41. The number of nitrogens with zero attached hydrogens (tertiary/aromatic N) is 4. The SMILES string of the molecule is CCC(C)C(C(CC(=O)N1CCCC1C(OC)C(C)C(=O)N[C@@H](Cc1c[nH]c2ccccc12)C(=O)N1CCCCO1)OC)N(C)C(=O)[C@@H](NC(=O)C(C(C)C)N(C)CCOCCOCCOCCC(=O)NCCCCC(N)C(=O)O)C(C)C. The molecule has 3 heterocycles. The first kappa shape index (κ1) is 70.2. The molecule has 2 aliphatic rings. The number of rotatable bonds is 39. The maximum Gasteiger partial charge on any atom is 0.320 e. The minimum atomic E-state index is -1.03. The second-order valence-electron chi connectivity index (χ2n) is 23.0. The van der Waals surface area contributed by atoms with Gasteiger partial charge in [0, 0.05) is 77.4 Å². The number of carbonyl (C=O) groups is 7. The Balaban J connectivity index is 1.30. The molecule has 8 unspecified atom stereocenters. The van der Waals surface area contributed by atoms with Crippen LogP contribution >= 0.6 is 0 Å². The second-order valence-corrected chi connectivity index (χ2v) is 23.0. The third-order valence-corrected chi connectivity index (χ3v) is 16.2. The van der Waals surface area contributed by atoms with Crippen molar-refractivity contribution in [2.45, 2.75) is 168 Å². The molecule has 10 atom stereocenters. The predicted molar refractivity (Wildman–Crippen MR) is 315 cm³/mol. The summed E-state index contributed by atoms with van der Waals surface area (Å²) < 4.78 is 29.2. The van der Waals surface area contributed by atoms with Gasteiger partial charge in [0.25, 0.3) is 5.91 Å². The van der Waals surface area contributed by atoms with Gasteiger partial charge < -0.3 is 65.3 Å². The Morgan fingerprint density at radius 2 is 1.53 bits per heavy atom. The number of nitrogens with one attached hydrogen (secondary N) is 4. The van der Waals surface area contributed by atoms with E-state index in [1.54, 1.807) is 30.9 Å². The molecule has 23 nitrogen and oxygen atoms in total. The van der Waals surface area contributed by atoms with E-state index in [2.05, 4.69) is 20.9 Å². The molecule has 1 aromatic carbocycles. The minimum Gasteiger partial charge on any atom is -0.480 e. The number of hydrogen-bond donors (Lipinski definition) is 6. The highest BCUT2D eigenvalue weighted by Crippen LogP contribution is 2.30. The summed E-state index contributed by atoms with van der Waals surface area (Å²) in [5.41, 5.74) is 7.30. The van der Waals surface area contributed by atoms with Crippen molar-refractivity contribution in [3.63, 3.8) is 0 Å². The molecule has 0 radical (unpaired) electrons. The highest BCUT2D eigenvalue weighted by Gasteiger charge is 2.44. The van der Waals surface area contributed by atoms with Crippen molar-refractivity contribution >= 4 is 52.3 Å². The molecule has 0 aliphatic carbocycles. The first-order valence-electron chi connectivity index (χ1n) is 30.1. The zero-order valence-corrected chi connectivity index (χ0v) is 51.5. The number of carbonyl (C=O) groups excluding carboxylic acids is 6. The summed E-state index contributed by atoms with van der Waals surface area (Å²) in [6.45, 7) is 17.6. The first-order chi connectivity index (χ1) is 39.7. The number of aromatic nitrogens is 1. The van der Waals surface area contributed by atoms with Gasteiger partial charge in [0.1, 0.15) is 18.1 Å². The number of para-hydroxylation sites is 1. The van der Waals surface area contributed by atoms with Crippen molar-refractivity contribution in [1.82, 2.24) is 40.7 Å². The zero-order chi connectivity index (χ0) is 61.2. The highest BCUT2D eigenvalue weighted by molar-refractivity contribution is 5.91. The quantitative estimate of drug-likeness (QED) is 0.0518. The van der Waals surface area contributed by atoms with E-state index in [-0.39, 0.29) is 79.1 Å². The zero-order valence-electron chi connectivity index (χ0n) is 51.5. The van der Waals surface area contributed by atoms with Crippen molar-refractivity contribution in [2.75, 3.05) is 101 Å². The van der Waals surface area contributed by atoms with Gasteiger partial charge in [0.2, 0.25) is 29.5 Å². The lowest BCUT2D eigenvalue weighted by atomic mass is 9.89. The van der Waals surface area contributed by atoms with Gasteiger partial charge in [-0.15, -0.1) is 0 Å². The predicted octanol–water partition coefficient (Wildman–Crippen LogP) is 3.91. The van der Waals surface area contributed by atoms with Crippen LogP contribution < -0.4 is 21.7 Å². The molecule has 2 aliphatic heterocycles. The lowest BCUT2D eigenvalue weighted by molar-refractivity contribution is -0.199. The van der Waals surface area contributed by atoms with Crippen LogP contribution in [-0.4, -0.2) is 220 Å². The Labute approximate surface area is 492 Å². The topological polar surface area (TPSA) is 286 Å². The summed E-state index contributed by atoms with van der Waals surface area (Å²) in [4.78, 5) is 109. The Bertz CT molecular complexity index is 2310. The Morgan fingerprint density at radius 1 is 0.843 bits per heavy atom. The molecule has 6 amide bonds. The molecule has 23 heteroatoms. The number of benzene rings is 1. The van der Waals surface area contributed by atoms with Gasteiger partial charge in [-0.1, -0.05) is 73.1 Å². The fraction of sp³-hybridized carbons (Fsp3) is 0.750. The fourth-order valence-corrected chi connectivity index (χ4v) is 11.2. The number of amides is 6. The van der Waals surface area contributed by atoms with Crippen LogP contribution in [0.1, 0.15) is 118 Å². The van der Waals surface area contributed by atoms with Crippen molar-refractivity contribution in [1.29, 1.82) is 0 Å². The number of likely N-dealkylation sites (tertiary alicyclic amines) is 1. The number of aliphatic carboxylic acids is 1. The molecule has 1 aromatic heterocycles. The van der Waals surface area contributed by atoms with E-state index in [9.17, 15) is 33.6 Å². The molecule has 2 fully saturated rings. The van der Waals surface area contributed by atoms with Crippen molar-refractivity contribution in [2.24, 2.45) is 29.4 Å². The van der Waals surface area contributed by atoms with Crippen molar-refractivity contribution in [3.8, 4) is 0 Å². The van der Waals surface area contributed by atoms with E-state index in [0.717, 1.165) is 29.3 Å². The van der Waals surface area contributed by atoms with E-state index in [0.29, 0.717) is 104 Å². The van der Waals surface area contributed by atoms with Crippen LogP contribution in [0.3, 0.4) is 0 Å². The number of aromatic amines is 1. The van der Waals surface area contributed by atoms with Crippen LogP contribution in [0.4, 0.5) is 0 Å². The number of methoxy groups -OCH3 is 2. The largest absolute Gasteiger partial charge is 0.480 e. The van der Waals surface area contributed by atoms with E-state index in [1.807, 2.05) is 84.0 Å². The monoisotopic (exact) mass is 1170 g/mol. The fourth-order valence-electron chi connectivity index (χ4n) is 11.2. The Kier molecular flexibility index (Phi) is 30.9. The normalized spacial score (nSPS) is 18.1. The van der Waals surface area contributed by atoms with Crippen molar-refractivity contribution < 1.29 is 67.2 Å². The summed E-state index contributed by atoms with van der Waals surface area (Å²) >= 11 is 0. The van der Waals surface area contributed by atoms with Gasteiger partial charge in [-0.3, -0.25) is 43.3 Å². The number of carboxylic acids is 1. The summed E-state index contributed by atoms with van der Waals surface area (Å²) in [6.07, 6.45) is 6.05. The van der Waals surface area contributed by atoms with Crippen LogP contribution in [0.25, 0.3) is 10.9 Å². The molecule has 2 aromatic rings. The number of hydroxylamine groups is 2. The average Bonchev–Trinajstić information content (AvgIpc) is 4.12. The van der Waals surface area contributed by atoms with E-state index >= 15 is 0 Å². The first-order valence-corrected chi connectivity index (χ1v) is 30.1. The molecule has 0 bridgehead atoms. The molecule has 4 rings (SSSR count). The molecule has 470 valence electrons. The third kappa shape index (κ3) is 21.6. The van der Waals surface area contributed by atoms with Gasteiger partial charge in [-0.05, 0) is 81.4 Å². The maximum absolute atomic E-state index is 14.8. The highest BCUT2D eigenvalue weighted by atomic mass is 16.7. The number of carboxylic acid groups (broad SMARTS) is 1. The van der Waals surface area contributed by atoms with Crippen LogP contribution in [0, 0.1) is 23.7 Å². The van der Waals surface area contributed by atoms with Crippen LogP contribution in [0.15, 0.2) is 30.5 Å². The summed E-state index contributed by atoms with van der Waals surface area (Å²) in [7, 11) is 6.65. The number of likely N-dealkylation sites (N-methyl/N-ethyl adjacent to an activating group) is 2. The molecule has 0 saturated carbocycles. The standard InChI is InChI=1S/C60H101N9O14/c1-12-41(6)54(67(9)59(75)52(39(2)3)65-57(73)53(40(4)5)66(8)28-31-81-33-35-82-34-32-80-30-24-50(70)62-25-16-15-21-45(61)60(76)77)49(78-10)37-51(71)68-26-19-23-48(68)55(79-11)42(7)56(72)64-47(58(74)69-27-17-18-29-83-69)36-43-38-63-46-22-14-13-20-44(43)46/h13-14,20,22,38-42,45,47-49,52-55,63H,12,15-19,21,23-37,61H2,1-11H3,(H,62,70)(H,64,72)(H,65,73)(H,76,77)/t41?,42?,45?,47-,48?,49?,52-,53?,54?,55?/m0/s1. The Morgan fingerprint density at radius 3 is 2.16 bits per heavy atom. The van der Waals surface area contributed by atoms with Gasteiger partial charge >= 0.3 is 5.97 Å². The van der Waals surface area contributed by atoms with E-state index in [4.69, 9.17) is 39.4 Å². The number of unbranched alkanes of at least 4 members (excludes halogenated alkanes) is 1. The van der Waals surface area contributed by atoms with Crippen LogP contribution in [-0.2, 0) is 68.5 Å². The summed E-state index contributed by atoms with van der Waals surface area (Å²) in [5.74, 6) is -3.92. The van der Waals surface area contributed by atoms with Crippen LogP contribution in [0.2, 0.25) is 0 Å². The van der Waals surface area contributed by atoms with E-state index in [1.165, 1.54) is 12.2 Å². The van der Waals surface area contributed by atoms with E-state index < -0.39 is 60.3 Å². The number of nitrogens with two attached hydrogens (primary N) is 1. The number of fused-ring (bicyclic) bond motifs is 1. The average molecular weight is 1170 g/mol. The van der Waals surface area contributed by atoms with Crippen LogP contribution in [0.5, 0.6) is 0 Å². The summed E-state index contributed by atoms with van der Waals surface area (Å²) in [5, 5.41) is 20.1. The molecule has 7 N–H and O–H groups in total. The number of H-pyrrole nitrogens is 1.